The first-order chi connectivity index (χ1) is 8.81. The summed E-state index contributed by atoms with van der Waals surface area (Å²) < 4.78 is 0.803. The molecule has 1 aromatic carbocycles. The summed E-state index contributed by atoms with van der Waals surface area (Å²) >= 11 is 7.00. The van der Waals surface area contributed by atoms with Crippen molar-refractivity contribution in [2.24, 2.45) is 5.92 Å². The summed E-state index contributed by atoms with van der Waals surface area (Å²) in [6.45, 7) is 3.48. The van der Waals surface area contributed by atoms with Gasteiger partial charge in [-0.3, -0.25) is 4.79 Å². The van der Waals surface area contributed by atoms with Crippen molar-refractivity contribution >= 4 is 57.5 Å². The van der Waals surface area contributed by atoms with Gasteiger partial charge in [0.25, 0.3) is 0 Å². The number of hydrogen-bond acceptors (Lipinski definition) is 3. The average Bonchev–Trinajstić information content (AvgIpc) is 2.30. The number of hydrogen-bond donors (Lipinski definition) is 3. The van der Waals surface area contributed by atoms with Gasteiger partial charge in [-0.25, -0.2) is 4.79 Å². The number of amides is 1. The van der Waals surface area contributed by atoms with E-state index in [0.29, 0.717) is 5.69 Å². The molecule has 0 aliphatic rings. The van der Waals surface area contributed by atoms with Gasteiger partial charge in [-0.1, -0.05) is 13.8 Å². The first kappa shape index (κ1) is 15.8. The minimum Gasteiger partial charge on any atom is -0.478 e. The van der Waals surface area contributed by atoms with Crippen molar-refractivity contribution in [2.45, 2.75) is 13.8 Å². The Morgan fingerprint density at radius 2 is 2.00 bits per heavy atom. The van der Waals surface area contributed by atoms with E-state index in [2.05, 4.69) is 10.6 Å². The molecule has 0 heterocycles. The summed E-state index contributed by atoms with van der Waals surface area (Å²) in [6, 6.07) is 4.89. The van der Waals surface area contributed by atoms with E-state index in [9.17, 15) is 9.59 Å². The highest BCUT2D eigenvalue weighted by atomic mass is 127. The Morgan fingerprint density at radius 3 is 2.53 bits per heavy atom. The first-order valence-electron chi connectivity index (χ1n) is 5.46. The number of aromatic carboxylic acids is 1. The van der Waals surface area contributed by atoms with Gasteiger partial charge in [-0.2, -0.15) is 0 Å². The van der Waals surface area contributed by atoms with E-state index in [0.717, 1.165) is 3.57 Å². The lowest BCUT2D eigenvalue weighted by atomic mass is 10.2. The van der Waals surface area contributed by atoms with E-state index < -0.39 is 5.97 Å². The minimum absolute atomic E-state index is 0.0856. The summed E-state index contributed by atoms with van der Waals surface area (Å²) in [7, 11) is 0. The molecule has 3 N–H and O–H groups in total. The van der Waals surface area contributed by atoms with Crippen molar-refractivity contribution in [2.75, 3.05) is 5.32 Å². The maximum Gasteiger partial charge on any atom is 0.337 e. The Hall–Kier alpha value is -1.22. The number of nitrogens with one attached hydrogen (secondary N) is 2. The van der Waals surface area contributed by atoms with Gasteiger partial charge < -0.3 is 15.7 Å². The van der Waals surface area contributed by atoms with Crippen molar-refractivity contribution in [3.8, 4) is 0 Å². The Bertz CT molecular complexity index is 532. The number of halogens is 1. The fourth-order valence-corrected chi connectivity index (χ4v) is 1.91. The second-order valence-corrected chi connectivity index (χ2v) is 5.75. The maximum absolute atomic E-state index is 11.5. The van der Waals surface area contributed by atoms with Gasteiger partial charge >= 0.3 is 5.97 Å². The van der Waals surface area contributed by atoms with Gasteiger partial charge in [0.2, 0.25) is 5.91 Å². The first-order valence-corrected chi connectivity index (χ1v) is 6.94. The van der Waals surface area contributed by atoms with E-state index in [4.69, 9.17) is 17.3 Å². The number of thiocarbonyl (C=S) groups is 1. The van der Waals surface area contributed by atoms with Crippen molar-refractivity contribution < 1.29 is 14.7 Å². The third kappa shape index (κ3) is 4.75. The highest BCUT2D eigenvalue weighted by molar-refractivity contribution is 14.1. The topological polar surface area (TPSA) is 78.4 Å². The zero-order valence-corrected chi connectivity index (χ0v) is 13.3. The predicted molar refractivity (Wildman–Crippen MR) is 85.3 cm³/mol. The van der Waals surface area contributed by atoms with E-state index >= 15 is 0 Å². The molecule has 0 fully saturated rings. The van der Waals surface area contributed by atoms with Crippen LogP contribution in [0.25, 0.3) is 0 Å². The second-order valence-electron chi connectivity index (χ2n) is 4.09. The molecule has 0 spiro atoms. The predicted octanol–water partition coefficient (Wildman–Crippen LogP) is 2.46. The number of carbonyl (C=O) groups is 2. The van der Waals surface area contributed by atoms with Crippen LogP contribution in [0.15, 0.2) is 18.2 Å². The zero-order chi connectivity index (χ0) is 14.6. The van der Waals surface area contributed by atoms with Gasteiger partial charge in [-0.15, -0.1) is 0 Å². The van der Waals surface area contributed by atoms with Gasteiger partial charge in [0.15, 0.2) is 5.11 Å². The quantitative estimate of drug-likeness (QED) is 0.544. The molecule has 19 heavy (non-hydrogen) atoms. The number of benzene rings is 1. The number of carboxylic acid groups (broad SMARTS) is 1. The van der Waals surface area contributed by atoms with Crippen molar-refractivity contribution in [3.63, 3.8) is 0 Å². The van der Waals surface area contributed by atoms with Crippen LogP contribution in [0, 0.1) is 9.49 Å². The van der Waals surface area contributed by atoms with E-state index in [1.807, 2.05) is 22.6 Å². The lowest BCUT2D eigenvalue weighted by Crippen LogP contribution is -2.37. The molecule has 0 aromatic heterocycles. The fourth-order valence-electron chi connectivity index (χ4n) is 1.21. The van der Waals surface area contributed by atoms with Crippen LogP contribution in [0.4, 0.5) is 5.69 Å². The minimum atomic E-state index is -1.06. The molecule has 0 saturated carbocycles. The monoisotopic (exact) mass is 392 g/mol. The molecule has 102 valence electrons. The van der Waals surface area contributed by atoms with E-state index in [1.54, 1.807) is 26.0 Å². The Kier molecular flexibility index (Phi) is 5.67. The van der Waals surface area contributed by atoms with Crippen molar-refractivity contribution in [3.05, 3.63) is 27.3 Å². The molecule has 1 aromatic rings. The standard InChI is InChI=1S/C12H13IN2O3S/c1-6(2)10(16)15-12(19)14-9-4-3-7(13)5-8(9)11(17)18/h3-6H,1-2H3,(H,17,18)(H2,14,15,16,19). The Balaban J connectivity index is 2.85. The molecule has 0 atom stereocenters. The highest BCUT2D eigenvalue weighted by Crippen LogP contribution is 2.18. The van der Waals surface area contributed by atoms with Crippen LogP contribution < -0.4 is 10.6 Å². The van der Waals surface area contributed by atoms with Gasteiger partial charge in [0.1, 0.15) is 0 Å². The lowest BCUT2D eigenvalue weighted by molar-refractivity contribution is -0.122. The lowest BCUT2D eigenvalue weighted by Gasteiger charge is -2.13. The molecule has 0 bridgehead atoms. The van der Waals surface area contributed by atoms with Gasteiger partial charge in [-0.05, 0) is 53.0 Å². The average molecular weight is 392 g/mol. The zero-order valence-electron chi connectivity index (χ0n) is 10.4. The molecule has 0 aliphatic carbocycles. The maximum atomic E-state index is 11.5. The molecule has 0 aliphatic heterocycles. The highest BCUT2D eigenvalue weighted by Gasteiger charge is 2.13. The summed E-state index contributed by atoms with van der Waals surface area (Å²) in [5, 5.41) is 14.4. The van der Waals surface area contributed by atoms with E-state index in [-0.39, 0.29) is 22.5 Å². The molecule has 7 heteroatoms. The number of rotatable bonds is 3. The van der Waals surface area contributed by atoms with Crippen LogP contribution in [-0.4, -0.2) is 22.1 Å². The van der Waals surface area contributed by atoms with Crippen LogP contribution in [0.3, 0.4) is 0 Å². The van der Waals surface area contributed by atoms with Crippen molar-refractivity contribution in [1.29, 1.82) is 0 Å². The summed E-state index contributed by atoms with van der Waals surface area (Å²) in [5.74, 6) is -1.48. The van der Waals surface area contributed by atoms with Crippen LogP contribution in [-0.2, 0) is 4.79 Å². The smallest absolute Gasteiger partial charge is 0.337 e. The molecule has 0 unspecified atom stereocenters. The SMILES string of the molecule is CC(C)C(=O)NC(=S)Nc1ccc(I)cc1C(=O)O. The van der Waals surface area contributed by atoms with Gasteiger partial charge in [0.05, 0.1) is 11.3 Å². The molecule has 5 nitrogen and oxygen atoms in total. The largest absolute Gasteiger partial charge is 0.478 e. The molecule has 0 saturated heterocycles. The number of anilines is 1. The normalized spacial score (nSPS) is 10.1. The van der Waals surface area contributed by atoms with Crippen LogP contribution >= 0.6 is 34.8 Å². The number of carbonyl (C=O) groups excluding carboxylic acids is 1. The molecular weight excluding hydrogens is 379 g/mol. The number of carboxylic acids is 1. The third-order valence-corrected chi connectivity index (χ3v) is 3.10. The van der Waals surface area contributed by atoms with Crippen LogP contribution in [0.5, 0.6) is 0 Å². The van der Waals surface area contributed by atoms with E-state index in [1.165, 1.54) is 6.07 Å². The molecule has 1 rings (SSSR count). The van der Waals surface area contributed by atoms with Crippen molar-refractivity contribution in [1.82, 2.24) is 5.32 Å². The summed E-state index contributed by atoms with van der Waals surface area (Å²) in [6.07, 6.45) is 0. The Labute approximate surface area is 129 Å². The third-order valence-electron chi connectivity index (χ3n) is 2.22. The van der Waals surface area contributed by atoms with Crippen LogP contribution in [0.1, 0.15) is 24.2 Å². The molecule has 1 amide bonds. The molecular formula is C12H13IN2O3S. The van der Waals surface area contributed by atoms with Crippen LogP contribution in [0.2, 0.25) is 0 Å². The fraction of sp³-hybridized carbons (Fsp3) is 0.250. The second kappa shape index (κ2) is 6.80. The Morgan fingerprint density at radius 1 is 1.37 bits per heavy atom. The molecule has 0 radical (unpaired) electrons. The summed E-state index contributed by atoms with van der Waals surface area (Å²) in [4.78, 5) is 22.6. The van der Waals surface area contributed by atoms with Gasteiger partial charge in [0, 0.05) is 9.49 Å². The summed E-state index contributed by atoms with van der Waals surface area (Å²) in [5.41, 5.74) is 0.454.